The first-order valence-corrected chi connectivity index (χ1v) is 7.06. The lowest BCUT2D eigenvalue weighted by Crippen LogP contribution is -2.09. The van der Waals surface area contributed by atoms with Gasteiger partial charge in [-0.3, -0.25) is 0 Å². The van der Waals surface area contributed by atoms with Crippen LogP contribution in [0.2, 0.25) is 0 Å². The van der Waals surface area contributed by atoms with Crippen molar-refractivity contribution in [1.82, 2.24) is 14.8 Å². The summed E-state index contributed by atoms with van der Waals surface area (Å²) in [6.45, 7) is 3.22. The molecule has 4 nitrogen and oxygen atoms in total. The van der Waals surface area contributed by atoms with E-state index in [4.69, 9.17) is 5.73 Å². The topological polar surface area (TPSA) is 56.7 Å². The third-order valence-electron chi connectivity index (χ3n) is 3.57. The van der Waals surface area contributed by atoms with Gasteiger partial charge >= 0.3 is 0 Å². The maximum absolute atomic E-state index is 13.9. The fourth-order valence-electron chi connectivity index (χ4n) is 2.60. The van der Waals surface area contributed by atoms with Gasteiger partial charge in [-0.15, -0.1) is 10.2 Å². The van der Waals surface area contributed by atoms with E-state index in [1.54, 1.807) is 12.1 Å². The van der Waals surface area contributed by atoms with Gasteiger partial charge in [-0.25, -0.2) is 4.39 Å². The number of nitrogens with two attached hydrogens (primary N) is 1. The van der Waals surface area contributed by atoms with Crippen molar-refractivity contribution < 1.29 is 4.39 Å². The minimum Gasteiger partial charge on any atom is -0.324 e. The Bertz CT molecular complexity index is 779. The van der Waals surface area contributed by atoms with E-state index in [1.165, 1.54) is 6.07 Å². The zero-order chi connectivity index (χ0) is 14.8. The molecule has 2 N–H and O–H groups in total. The summed E-state index contributed by atoms with van der Waals surface area (Å²) in [6.07, 6.45) is 0.956. The third kappa shape index (κ3) is 2.29. The van der Waals surface area contributed by atoms with E-state index in [0.29, 0.717) is 11.9 Å². The van der Waals surface area contributed by atoms with Gasteiger partial charge in [-0.05, 0) is 23.9 Å². The normalized spacial score (nSPS) is 11.2. The molecule has 0 saturated carbocycles. The quantitative estimate of drug-likeness (QED) is 0.801. The molecule has 1 heterocycles. The van der Waals surface area contributed by atoms with Gasteiger partial charge < -0.3 is 10.3 Å². The zero-order valence-electron chi connectivity index (χ0n) is 11.9. The molecular weight excluding hydrogens is 267 g/mol. The van der Waals surface area contributed by atoms with Crippen LogP contribution < -0.4 is 5.73 Å². The van der Waals surface area contributed by atoms with Crippen LogP contribution in [0, 0.1) is 5.82 Å². The molecule has 3 aromatic rings. The molecule has 0 aliphatic heterocycles. The van der Waals surface area contributed by atoms with E-state index >= 15 is 0 Å². The number of hydrogen-bond donors (Lipinski definition) is 1. The molecule has 0 spiro atoms. The summed E-state index contributed by atoms with van der Waals surface area (Å²) in [7, 11) is 0. The molecule has 2 aromatic carbocycles. The Balaban J connectivity index is 2.26. The zero-order valence-corrected chi connectivity index (χ0v) is 11.9. The molecule has 0 fully saturated rings. The average Bonchev–Trinajstić information content (AvgIpc) is 2.91. The summed E-state index contributed by atoms with van der Waals surface area (Å²) in [5.41, 5.74) is 6.61. The van der Waals surface area contributed by atoms with E-state index < -0.39 is 0 Å². The SMILES string of the molecule is CCCn1c(CN)nnc1-c1ccc(F)c2ccccc12. The van der Waals surface area contributed by atoms with Crippen molar-refractivity contribution in [2.24, 2.45) is 5.73 Å². The monoisotopic (exact) mass is 284 g/mol. The van der Waals surface area contributed by atoms with Gasteiger partial charge in [0.1, 0.15) is 11.6 Å². The second-order valence-corrected chi connectivity index (χ2v) is 4.94. The Kier molecular flexibility index (Phi) is 3.66. The highest BCUT2D eigenvalue weighted by Crippen LogP contribution is 2.29. The smallest absolute Gasteiger partial charge is 0.164 e. The van der Waals surface area contributed by atoms with Crippen LogP contribution in [0.1, 0.15) is 19.2 Å². The van der Waals surface area contributed by atoms with Crippen LogP contribution >= 0.6 is 0 Å². The lowest BCUT2D eigenvalue weighted by molar-refractivity contribution is 0.638. The molecule has 108 valence electrons. The maximum atomic E-state index is 13.9. The number of fused-ring (bicyclic) bond motifs is 1. The van der Waals surface area contributed by atoms with Gasteiger partial charge in [0.15, 0.2) is 5.82 Å². The lowest BCUT2D eigenvalue weighted by atomic mass is 10.0. The minimum atomic E-state index is -0.227. The molecule has 0 aliphatic rings. The van der Waals surface area contributed by atoms with Crippen molar-refractivity contribution in [2.75, 3.05) is 0 Å². The summed E-state index contributed by atoms with van der Waals surface area (Å²) in [5, 5.41) is 9.85. The first-order valence-electron chi connectivity index (χ1n) is 7.06. The number of benzene rings is 2. The highest BCUT2D eigenvalue weighted by molar-refractivity contribution is 5.95. The summed E-state index contributed by atoms with van der Waals surface area (Å²) >= 11 is 0. The van der Waals surface area contributed by atoms with Crippen molar-refractivity contribution >= 4 is 10.8 Å². The number of rotatable bonds is 4. The fourth-order valence-corrected chi connectivity index (χ4v) is 2.60. The van der Waals surface area contributed by atoms with Crippen molar-refractivity contribution in [3.8, 4) is 11.4 Å². The highest BCUT2D eigenvalue weighted by Gasteiger charge is 2.15. The number of halogens is 1. The van der Waals surface area contributed by atoms with Crippen LogP contribution in [0.25, 0.3) is 22.2 Å². The molecule has 0 unspecified atom stereocenters. The summed E-state index contributed by atoms with van der Waals surface area (Å²) < 4.78 is 16.0. The molecule has 0 saturated heterocycles. The fraction of sp³-hybridized carbons (Fsp3) is 0.250. The molecule has 21 heavy (non-hydrogen) atoms. The Morgan fingerprint density at radius 2 is 1.86 bits per heavy atom. The molecule has 0 bridgehead atoms. The third-order valence-corrected chi connectivity index (χ3v) is 3.57. The van der Waals surface area contributed by atoms with Crippen molar-refractivity contribution in [3.05, 3.63) is 48.0 Å². The number of hydrogen-bond acceptors (Lipinski definition) is 3. The summed E-state index contributed by atoms with van der Waals surface area (Å²) in [5.74, 6) is 1.27. The van der Waals surface area contributed by atoms with Gasteiger partial charge in [-0.1, -0.05) is 31.2 Å². The molecule has 0 amide bonds. The van der Waals surface area contributed by atoms with Crippen LogP contribution in [0.3, 0.4) is 0 Å². The van der Waals surface area contributed by atoms with Crippen LogP contribution in [0.4, 0.5) is 4.39 Å². The van der Waals surface area contributed by atoms with Crippen molar-refractivity contribution in [1.29, 1.82) is 0 Å². The van der Waals surface area contributed by atoms with E-state index in [1.807, 2.05) is 22.8 Å². The molecule has 0 aliphatic carbocycles. The Labute approximate surface area is 122 Å². The second kappa shape index (κ2) is 5.61. The Morgan fingerprint density at radius 1 is 1.10 bits per heavy atom. The summed E-state index contributed by atoms with van der Waals surface area (Å²) in [6, 6.07) is 10.6. The van der Waals surface area contributed by atoms with Gasteiger partial charge in [-0.2, -0.15) is 0 Å². The van der Waals surface area contributed by atoms with Crippen LogP contribution in [0.5, 0.6) is 0 Å². The molecule has 0 radical (unpaired) electrons. The van der Waals surface area contributed by atoms with Crippen molar-refractivity contribution in [3.63, 3.8) is 0 Å². The maximum Gasteiger partial charge on any atom is 0.164 e. The molecule has 3 rings (SSSR count). The van der Waals surface area contributed by atoms with Crippen LogP contribution in [-0.4, -0.2) is 14.8 Å². The molecular formula is C16H17FN4. The van der Waals surface area contributed by atoms with Crippen LogP contribution in [0.15, 0.2) is 36.4 Å². The van der Waals surface area contributed by atoms with Gasteiger partial charge in [0.25, 0.3) is 0 Å². The first kappa shape index (κ1) is 13.7. The number of aromatic nitrogens is 3. The lowest BCUT2D eigenvalue weighted by Gasteiger charge is -2.10. The first-order chi connectivity index (χ1) is 10.3. The molecule has 1 aromatic heterocycles. The van der Waals surface area contributed by atoms with Crippen LogP contribution in [-0.2, 0) is 13.1 Å². The highest BCUT2D eigenvalue weighted by atomic mass is 19.1. The number of nitrogens with zero attached hydrogens (tertiary/aromatic N) is 3. The minimum absolute atomic E-state index is 0.227. The van der Waals surface area contributed by atoms with Gasteiger partial charge in [0.05, 0.1) is 6.54 Å². The Morgan fingerprint density at radius 3 is 2.57 bits per heavy atom. The van der Waals surface area contributed by atoms with Gasteiger partial charge in [0, 0.05) is 17.5 Å². The van der Waals surface area contributed by atoms with Crippen molar-refractivity contribution in [2.45, 2.75) is 26.4 Å². The standard InChI is InChI=1S/C16H17FN4/c1-2-9-21-15(10-18)19-20-16(21)13-7-8-14(17)12-6-4-3-5-11(12)13/h3-8H,2,9-10,18H2,1H3. The molecule has 0 atom stereocenters. The predicted molar refractivity (Wildman–Crippen MR) is 81.1 cm³/mol. The van der Waals surface area contributed by atoms with Gasteiger partial charge in [0.2, 0.25) is 0 Å². The van der Waals surface area contributed by atoms with E-state index in [-0.39, 0.29) is 5.82 Å². The largest absolute Gasteiger partial charge is 0.324 e. The average molecular weight is 284 g/mol. The molecule has 5 heteroatoms. The predicted octanol–water partition coefficient (Wildman–Crippen LogP) is 3.11. The van der Waals surface area contributed by atoms with E-state index in [9.17, 15) is 4.39 Å². The Hall–Kier alpha value is -2.27. The summed E-state index contributed by atoms with van der Waals surface area (Å²) in [4.78, 5) is 0. The van der Waals surface area contributed by atoms with E-state index in [0.717, 1.165) is 35.6 Å². The second-order valence-electron chi connectivity index (χ2n) is 4.94. The van der Waals surface area contributed by atoms with E-state index in [2.05, 4.69) is 17.1 Å².